The maximum absolute atomic E-state index is 13.4. The molecule has 0 atom stereocenters. The van der Waals surface area contributed by atoms with E-state index in [-0.39, 0.29) is 37.7 Å². The average molecular weight is 718 g/mol. The van der Waals surface area contributed by atoms with Gasteiger partial charge in [-0.3, -0.25) is 0 Å². The Labute approximate surface area is 302 Å². The molecule has 1 aromatic heterocycles. The molecule has 0 aliphatic rings. The first-order valence-corrected chi connectivity index (χ1v) is 18.8. The van der Waals surface area contributed by atoms with Crippen molar-refractivity contribution in [1.82, 2.24) is 29.7 Å². The van der Waals surface area contributed by atoms with Crippen molar-refractivity contribution in [3.8, 4) is 0 Å². The van der Waals surface area contributed by atoms with E-state index in [0.29, 0.717) is 58.2 Å². The Bertz CT molecular complexity index is 1300. The van der Waals surface area contributed by atoms with Crippen LogP contribution in [0.2, 0.25) is 0 Å². The summed E-state index contributed by atoms with van der Waals surface area (Å²) in [6.07, 6.45) is 10.8. The zero-order valence-corrected chi connectivity index (χ0v) is 32.0. The Balaban J connectivity index is 2.80. The van der Waals surface area contributed by atoms with Gasteiger partial charge in [-0.2, -0.15) is 0 Å². The van der Waals surface area contributed by atoms with Crippen molar-refractivity contribution >= 4 is 35.2 Å². The highest BCUT2D eigenvalue weighted by Gasteiger charge is 2.15. The second-order valence-corrected chi connectivity index (χ2v) is 12.8. The molecule has 15 heteroatoms. The van der Waals surface area contributed by atoms with Crippen LogP contribution in [0, 0.1) is 0 Å². The van der Waals surface area contributed by atoms with E-state index in [0.717, 1.165) is 74.9 Å². The summed E-state index contributed by atoms with van der Waals surface area (Å²) in [4.78, 5) is 87.6. The maximum Gasteiger partial charge on any atom is 0.340 e. The molecule has 0 unspecified atom stereocenters. The first-order chi connectivity index (χ1) is 24.4. The largest absolute Gasteiger partial charge is 0.340 e. The third kappa shape index (κ3) is 19.1. The summed E-state index contributed by atoms with van der Waals surface area (Å²) >= 11 is 0. The number of aliphatic imine (C=N–C) groups is 3. The summed E-state index contributed by atoms with van der Waals surface area (Å²) in [5.74, 6) is 0. The zero-order chi connectivity index (χ0) is 38.0. The van der Waals surface area contributed by atoms with E-state index < -0.39 is 17.1 Å². The van der Waals surface area contributed by atoms with Gasteiger partial charge < -0.3 is 16.0 Å². The Kier molecular flexibility index (Phi) is 23.4. The molecule has 0 aliphatic heterocycles. The van der Waals surface area contributed by atoms with Crippen molar-refractivity contribution in [2.24, 2.45) is 15.0 Å². The second-order valence-electron chi connectivity index (χ2n) is 12.8. The quantitative estimate of drug-likeness (QED) is 0.0922. The van der Waals surface area contributed by atoms with E-state index in [1.807, 2.05) is 41.5 Å². The molecule has 1 rings (SSSR count). The number of carbonyl (C=O) groups excluding carboxylic acids is 3. The van der Waals surface area contributed by atoms with Crippen LogP contribution in [-0.2, 0) is 19.6 Å². The molecular formula is C36H63N9O6. The Morgan fingerprint density at radius 3 is 0.902 bits per heavy atom. The predicted molar refractivity (Wildman–Crippen MR) is 205 cm³/mol. The first kappa shape index (κ1) is 44.9. The molecule has 0 saturated heterocycles. The number of urea groups is 3. The molecule has 51 heavy (non-hydrogen) atoms. The molecular weight excluding hydrogens is 654 g/mol. The predicted octanol–water partition coefficient (Wildman–Crippen LogP) is 5.59. The van der Waals surface area contributed by atoms with Crippen LogP contribution in [0.15, 0.2) is 29.4 Å². The van der Waals surface area contributed by atoms with E-state index in [4.69, 9.17) is 0 Å². The smallest absolute Gasteiger partial charge is 0.336 e. The standard InChI is InChI=1S/C36H63N9O6/c1-7-28(4)40-31(46)37-22-16-10-13-19-25-43-34(49)44(26-20-14-11-17-23-38-32(47)41-29(5)8-2)36(51)45(35(43)50)27-21-15-12-18-24-39-33(48)42-30(6)9-3/h7-27H2,1-6H3,(H,37,46)(H,38,47)(H,39,48). The molecule has 6 amide bonds. The van der Waals surface area contributed by atoms with Gasteiger partial charge in [-0.1, -0.05) is 59.3 Å². The molecule has 0 aliphatic carbocycles. The lowest BCUT2D eigenvalue weighted by Gasteiger charge is -2.14. The Morgan fingerprint density at radius 2 is 0.667 bits per heavy atom. The van der Waals surface area contributed by atoms with Crippen molar-refractivity contribution < 1.29 is 14.4 Å². The monoisotopic (exact) mass is 717 g/mol. The topological polar surface area (TPSA) is 190 Å². The van der Waals surface area contributed by atoms with Gasteiger partial charge in [-0.25, -0.2) is 57.4 Å². The number of hydrogen-bond donors (Lipinski definition) is 3. The van der Waals surface area contributed by atoms with Gasteiger partial charge in [0.25, 0.3) is 0 Å². The van der Waals surface area contributed by atoms with E-state index in [9.17, 15) is 28.8 Å². The lowest BCUT2D eigenvalue weighted by molar-refractivity contribution is 0.248. The van der Waals surface area contributed by atoms with Crippen LogP contribution in [0.25, 0.3) is 0 Å². The van der Waals surface area contributed by atoms with Gasteiger partial charge in [0.05, 0.1) is 0 Å². The van der Waals surface area contributed by atoms with E-state index in [1.54, 1.807) is 0 Å². The normalized spacial score (nSPS) is 12.2. The number of rotatable bonds is 24. The van der Waals surface area contributed by atoms with Crippen LogP contribution >= 0.6 is 0 Å². The molecule has 0 fully saturated rings. The minimum atomic E-state index is -0.592. The van der Waals surface area contributed by atoms with Gasteiger partial charge >= 0.3 is 35.2 Å². The van der Waals surface area contributed by atoms with Crippen LogP contribution in [0.3, 0.4) is 0 Å². The van der Waals surface area contributed by atoms with Gasteiger partial charge in [0.2, 0.25) is 0 Å². The molecule has 0 spiro atoms. The second kappa shape index (κ2) is 26.6. The molecule has 0 bridgehead atoms. The number of carbonyl (C=O) groups is 3. The molecule has 0 radical (unpaired) electrons. The number of hydrogen-bond acceptors (Lipinski definition) is 6. The van der Waals surface area contributed by atoms with Crippen molar-refractivity contribution in [2.75, 3.05) is 19.6 Å². The van der Waals surface area contributed by atoms with E-state index in [1.165, 1.54) is 13.7 Å². The summed E-state index contributed by atoms with van der Waals surface area (Å²) in [6, 6.07) is -1.04. The SMILES string of the molecule is CCC(C)=NC(=O)NCCCCCCn1c(=O)n(CCCCCCNC(=O)N=C(C)CC)c(=O)n(CCCCCCNC(=O)N=C(C)CC)c1=O. The van der Waals surface area contributed by atoms with Crippen LogP contribution in [-0.4, -0.2) is 68.6 Å². The van der Waals surface area contributed by atoms with Crippen molar-refractivity contribution in [1.29, 1.82) is 0 Å². The Hall–Kier alpha value is -4.17. The fraction of sp³-hybridized carbons (Fsp3) is 0.750. The maximum atomic E-state index is 13.4. The lowest BCUT2D eigenvalue weighted by atomic mass is 10.2. The third-order valence-electron chi connectivity index (χ3n) is 8.55. The molecule has 3 N–H and O–H groups in total. The van der Waals surface area contributed by atoms with Crippen LogP contribution in [0.5, 0.6) is 0 Å². The number of amides is 6. The zero-order valence-electron chi connectivity index (χ0n) is 32.0. The highest BCUT2D eigenvalue weighted by atomic mass is 16.2. The number of aromatic nitrogens is 3. The molecule has 15 nitrogen and oxygen atoms in total. The molecule has 288 valence electrons. The fourth-order valence-corrected chi connectivity index (χ4v) is 4.96. The minimum Gasteiger partial charge on any atom is -0.336 e. The van der Waals surface area contributed by atoms with Gasteiger partial charge in [0.15, 0.2) is 0 Å². The summed E-state index contributed by atoms with van der Waals surface area (Å²) < 4.78 is 3.52. The Morgan fingerprint density at radius 1 is 0.431 bits per heavy atom. The lowest BCUT2D eigenvalue weighted by Crippen LogP contribution is -2.54. The fourth-order valence-electron chi connectivity index (χ4n) is 4.96. The summed E-state index contributed by atoms with van der Waals surface area (Å²) in [6.45, 7) is 13.3. The highest BCUT2D eigenvalue weighted by molar-refractivity contribution is 5.94. The van der Waals surface area contributed by atoms with Crippen LogP contribution in [0.1, 0.15) is 138 Å². The number of nitrogens with zero attached hydrogens (tertiary/aromatic N) is 6. The number of nitrogens with one attached hydrogen (secondary N) is 3. The summed E-state index contributed by atoms with van der Waals surface area (Å²) in [5, 5.41) is 8.32. The van der Waals surface area contributed by atoms with E-state index in [2.05, 4.69) is 30.9 Å². The minimum absolute atomic E-state index is 0.198. The molecule has 1 heterocycles. The average Bonchev–Trinajstić information content (AvgIpc) is 3.10. The van der Waals surface area contributed by atoms with E-state index >= 15 is 0 Å². The summed E-state index contributed by atoms with van der Waals surface area (Å²) in [7, 11) is 0. The molecule has 1 aromatic rings. The third-order valence-corrected chi connectivity index (χ3v) is 8.55. The van der Waals surface area contributed by atoms with Crippen molar-refractivity contribution in [2.45, 2.75) is 157 Å². The van der Waals surface area contributed by atoms with Gasteiger partial charge in [-0.15, -0.1) is 0 Å². The summed E-state index contributed by atoms with van der Waals surface area (Å²) in [5.41, 5.74) is 0.537. The van der Waals surface area contributed by atoms with Gasteiger partial charge in [0.1, 0.15) is 0 Å². The number of unbranched alkanes of at least 4 members (excludes halogenated alkanes) is 9. The highest BCUT2D eigenvalue weighted by Crippen LogP contribution is 2.03. The molecule has 0 saturated carbocycles. The molecule has 0 aromatic carbocycles. The van der Waals surface area contributed by atoms with Crippen LogP contribution in [0.4, 0.5) is 14.4 Å². The van der Waals surface area contributed by atoms with Gasteiger partial charge in [-0.05, 0) is 78.6 Å². The van der Waals surface area contributed by atoms with Crippen molar-refractivity contribution in [3.63, 3.8) is 0 Å². The van der Waals surface area contributed by atoms with Crippen molar-refractivity contribution in [3.05, 3.63) is 31.5 Å². The first-order valence-electron chi connectivity index (χ1n) is 18.8. The van der Waals surface area contributed by atoms with Gasteiger partial charge in [0, 0.05) is 56.4 Å². The van der Waals surface area contributed by atoms with Crippen LogP contribution < -0.4 is 33.0 Å².